The molecule has 0 saturated heterocycles. The van der Waals surface area contributed by atoms with E-state index in [0.717, 1.165) is 5.69 Å². The first-order valence-corrected chi connectivity index (χ1v) is 6.47. The van der Waals surface area contributed by atoms with Gasteiger partial charge in [0.2, 0.25) is 0 Å². The summed E-state index contributed by atoms with van der Waals surface area (Å²) in [7, 11) is 0. The van der Waals surface area contributed by atoms with Gasteiger partial charge in [-0.05, 0) is 49.4 Å². The molecule has 0 spiro atoms. The van der Waals surface area contributed by atoms with Crippen LogP contribution in [0.1, 0.15) is 36.2 Å². The van der Waals surface area contributed by atoms with E-state index in [2.05, 4.69) is 40.4 Å². The molecule has 0 radical (unpaired) electrons. The predicted octanol–water partition coefficient (Wildman–Crippen LogP) is 3.14. The fourth-order valence-corrected chi connectivity index (χ4v) is 2.52. The lowest BCUT2D eigenvalue weighted by molar-refractivity contribution is 0.827. The first-order chi connectivity index (χ1) is 8.83. The van der Waals surface area contributed by atoms with E-state index in [1.807, 2.05) is 6.20 Å². The van der Waals surface area contributed by atoms with Crippen molar-refractivity contribution in [3.05, 3.63) is 53.6 Å². The maximum absolute atomic E-state index is 4.32. The van der Waals surface area contributed by atoms with Gasteiger partial charge in [-0.25, -0.2) is 0 Å². The van der Waals surface area contributed by atoms with Crippen molar-refractivity contribution in [3.63, 3.8) is 0 Å². The number of nitrogens with one attached hydrogen (secondary N) is 1. The largest absolute Gasteiger partial charge is 0.377 e. The molecule has 0 fully saturated rings. The van der Waals surface area contributed by atoms with Crippen LogP contribution in [0, 0.1) is 0 Å². The molecule has 0 amide bonds. The highest BCUT2D eigenvalue weighted by molar-refractivity contribution is 5.51. The fraction of sp³-hybridized carbons (Fsp3) is 0.333. The van der Waals surface area contributed by atoms with E-state index < -0.39 is 0 Å². The van der Waals surface area contributed by atoms with Gasteiger partial charge in [-0.1, -0.05) is 6.07 Å². The third-order valence-corrected chi connectivity index (χ3v) is 3.51. The number of anilines is 1. The number of benzene rings is 1. The smallest absolute Gasteiger partial charge is 0.0806 e. The second-order valence-corrected chi connectivity index (χ2v) is 4.83. The van der Waals surface area contributed by atoms with Gasteiger partial charge in [0, 0.05) is 18.1 Å². The number of hydrogen-bond acceptors (Lipinski definition) is 3. The van der Waals surface area contributed by atoms with Crippen molar-refractivity contribution in [2.24, 2.45) is 0 Å². The zero-order chi connectivity index (χ0) is 12.4. The van der Waals surface area contributed by atoms with Crippen LogP contribution in [-0.4, -0.2) is 9.97 Å². The van der Waals surface area contributed by atoms with Crippen LogP contribution < -0.4 is 5.32 Å². The molecule has 1 heterocycles. The molecule has 1 atom stereocenters. The monoisotopic (exact) mass is 239 g/mol. The molecule has 3 nitrogen and oxygen atoms in total. The zero-order valence-electron chi connectivity index (χ0n) is 10.6. The van der Waals surface area contributed by atoms with Crippen molar-refractivity contribution in [3.8, 4) is 0 Å². The number of aryl methyl sites for hydroxylation is 2. The number of nitrogens with zero attached hydrogens (tertiary/aromatic N) is 2. The second-order valence-electron chi connectivity index (χ2n) is 4.83. The molecule has 3 heteroatoms. The highest BCUT2D eigenvalue weighted by Crippen LogP contribution is 2.26. The zero-order valence-corrected chi connectivity index (χ0v) is 10.6. The lowest BCUT2D eigenvalue weighted by atomic mass is 10.1. The Hall–Kier alpha value is -1.90. The lowest BCUT2D eigenvalue weighted by Crippen LogP contribution is -2.08. The van der Waals surface area contributed by atoms with Gasteiger partial charge in [-0.3, -0.25) is 9.97 Å². The van der Waals surface area contributed by atoms with E-state index in [1.54, 1.807) is 12.4 Å². The lowest BCUT2D eigenvalue weighted by Gasteiger charge is -2.15. The van der Waals surface area contributed by atoms with E-state index in [1.165, 1.54) is 36.1 Å². The molecule has 1 aromatic carbocycles. The highest BCUT2D eigenvalue weighted by Gasteiger charge is 2.12. The highest BCUT2D eigenvalue weighted by atomic mass is 14.9. The maximum Gasteiger partial charge on any atom is 0.0806 e. The Morgan fingerprint density at radius 3 is 2.89 bits per heavy atom. The van der Waals surface area contributed by atoms with E-state index in [9.17, 15) is 0 Å². The summed E-state index contributed by atoms with van der Waals surface area (Å²) < 4.78 is 0. The summed E-state index contributed by atoms with van der Waals surface area (Å²) in [4.78, 5) is 8.43. The Kier molecular flexibility index (Phi) is 2.97. The second kappa shape index (κ2) is 4.77. The maximum atomic E-state index is 4.32. The summed E-state index contributed by atoms with van der Waals surface area (Å²) in [5.74, 6) is 0. The van der Waals surface area contributed by atoms with Crippen molar-refractivity contribution in [2.75, 3.05) is 5.32 Å². The molecule has 92 valence electrons. The molecule has 1 N–H and O–H groups in total. The molecule has 1 aromatic heterocycles. The first kappa shape index (κ1) is 11.2. The van der Waals surface area contributed by atoms with Gasteiger partial charge in [0.05, 0.1) is 17.9 Å². The molecule has 0 aliphatic heterocycles. The Morgan fingerprint density at radius 1 is 1.17 bits per heavy atom. The minimum atomic E-state index is 0.179. The Balaban J connectivity index is 1.77. The van der Waals surface area contributed by atoms with Crippen LogP contribution in [0.5, 0.6) is 0 Å². The third-order valence-electron chi connectivity index (χ3n) is 3.51. The van der Waals surface area contributed by atoms with E-state index >= 15 is 0 Å². The van der Waals surface area contributed by atoms with Crippen LogP contribution in [0.3, 0.4) is 0 Å². The molecule has 0 bridgehead atoms. The Morgan fingerprint density at radius 2 is 2.06 bits per heavy atom. The average Bonchev–Trinajstić information content (AvgIpc) is 2.87. The summed E-state index contributed by atoms with van der Waals surface area (Å²) in [5.41, 5.74) is 5.14. The number of rotatable bonds is 3. The molecular formula is C15H17N3. The molecular weight excluding hydrogens is 222 g/mol. The van der Waals surface area contributed by atoms with Gasteiger partial charge >= 0.3 is 0 Å². The summed E-state index contributed by atoms with van der Waals surface area (Å²) >= 11 is 0. The fourth-order valence-electron chi connectivity index (χ4n) is 2.52. The molecule has 1 unspecified atom stereocenters. The first-order valence-electron chi connectivity index (χ1n) is 6.47. The van der Waals surface area contributed by atoms with Crippen LogP contribution in [0.2, 0.25) is 0 Å². The number of aromatic nitrogens is 2. The van der Waals surface area contributed by atoms with Crippen LogP contribution in [0.4, 0.5) is 5.69 Å². The number of hydrogen-bond donors (Lipinski definition) is 1. The molecule has 0 saturated carbocycles. The predicted molar refractivity (Wildman–Crippen MR) is 72.5 cm³/mol. The van der Waals surface area contributed by atoms with E-state index in [4.69, 9.17) is 0 Å². The molecule has 1 aliphatic carbocycles. The Labute approximate surface area is 107 Å². The molecule has 18 heavy (non-hydrogen) atoms. The standard InChI is InChI=1S/C15H17N3/c1-11(15-10-16-7-8-17-15)18-14-6-5-12-3-2-4-13(12)9-14/h5-11,18H,2-4H2,1H3. The summed E-state index contributed by atoms with van der Waals surface area (Å²) in [6, 6.07) is 6.86. The van der Waals surface area contributed by atoms with Crippen molar-refractivity contribution in [1.82, 2.24) is 9.97 Å². The quantitative estimate of drug-likeness (QED) is 0.894. The van der Waals surface area contributed by atoms with Gasteiger partial charge < -0.3 is 5.32 Å². The summed E-state index contributed by atoms with van der Waals surface area (Å²) in [6.07, 6.45) is 8.98. The normalized spacial score (nSPS) is 15.2. The molecule has 1 aliphatic rings. The van der Waals surface area contributed by atoms with Crippen molar-refractivity contribution < 1.29 is 0 Å². The number of fused-ring (bicyclic) bond motifs is 1. The molecule has 2 aromatic rings. The van der Waals surface area contributed by atoms with Crippen LogP contribution in [0.25, 0.3) is 0 Å². The molecule has 3 rings (SSSR count). The Bertz CT molecular complexity index is 537. The average molecular weight is 239 g/mol. The summed E-state index contributed by atoms with van der Waals surface area (Å²) in [5, 5.41) is 3.49. The minimum Gasteiger partial charge on any atom is -0.377 e. The minimum absolute atomic E-state index is 0.179. The van der Waals surface area contributed by atoms with Gasteiger partial charge in [-0.2, -0.15) is 0 Å². The van der Waals surface area contributed by atoms with Gasteiger partial charge in [0.1, 0.15) is 0 Å². The topological polar surface area (TPSA) is 37.8 Å². The SMILES string of the molecule is CC(Nc1ccc2c(c1)CCC2)c1cnccn1. The van der Waals surface area contributed by atoms with Gasteiger partial charge in [0.25, 0.3) is 0 Å². The van der Waals surface area contributed by atoms with E-state index in [0.29, 0.717) is 0 Å². The van der Waals surface area contributed by atoms with Crippen LogP contribution in [0.15, 0.2) is 36.8 Å². The van der Waals surface area contributed by atoms with Gasteiger partial charge in [-0.15, -0.1) is 0 Å². The summed E-state index contributed by atoms with van der Waals surface area (Å²) in [6.45, 7) is 2.11. The van der Waals surface area contributed by atoms with Crippen LogP contribution >= 0.6 is 0 Å². The van der Waals surface area contributed by atoms with Crippen molar-refractivity contribution >= 4 is 5.69 Å². The van der Waals surface area contributed by atoms with Crippen LogP contribution in [-0.2, 0) is 12.8 Å². The van der Waals surface area contributed by atoms with Gasteiger partial charge in [0.15, 0.2) is 0 Å². The van der Waals surface area contributed by atoms with E-state index in [-0.39, 0.29) is 6.04 Å². The van der Waals surface area contributed by atoms with Crippen molar-refractivity contribution in [2.45, 2.75) is 32.2 Å². The third kappa shape index (κ3) is 2.21. The van der Waals surface area contributed by atoms with Crippen molar-refractivity contribution in [1.29, 1.82) is 0 Å².